The summed E-state index contributed by atoms with van der Waals surface area (Å²) in [4.78, 5) is 18.7. The maximum Gasteiger partial charge on any atom is 0.249 e. The van der Waals surface area contributed by atoms with Gasteiger partial charge < -0.3 is 14.4 Å². The molecule has 1 aliphatic heterocycles. The zero-order chi connectivity index (χ0) is 17.6. The largest absolute Gasteiger partial charge is 0.495 e. The molecule has 2 atom stereocenters. The lowest BCUT2D eigenvalue weighted by atomic mass is 9.99. The van der Waals surface area contributed by atoms with Crippen molar-refractivity contribution in [3.8, 4) is 5.75 Å². The van der Waals surface area contributed by atoms with E-state index >= 15 is 0 Å². The summed E-state index contributed by atoms with van der Waals surface area (Å²) in [6.45, 7) is 4.02. The highest BCUT2D eigenvalue weighted by Gasteiger charge is 2.38. The Balaban J connectivity index is 2.23. The van der Waals surface area contributed by atoms with Gasteiger partial charge in [0, 0.05) is 18.7 Å². The van der Waals surface area contributed by atoms with Gasteiger partial charge in [-0.15, -0.1) is 0 Å². The van der Waals surface area contributed by atoms with Crippen LogP contribution < -0.4 is 4.74 Å². The van der Waals surface area contributed by atoms with E-state index in [0.717, 1.165) is 16.5 Å². The van der Waals surface area contributed by atoms with Crippen LogP contribution in [0.3, 0.4) is 0 Å². The number of fused-ring (bicyclic) bond motifs is 3. The van der Waals surface area contributed by atoms with Gasteiger partial charge in [-0.05, 0) is 31.0 Å². The van der Waals surface area contributed by atoms with E-state index in [2.05, 4.69) is 4.98 Å². The van der Waals surface area contributed by atoms with Crippen molar-refractivity contribution < 1.29 is 14.3 Å². The summed E-state index contributed by atoms with van der Waals surface area (Å²) in [5, 5.41) is 1.55. The number of benzene rings is 1. The van der Waals surface area contributed by atoms with Crippen LogP contribution in [0.2, 0.25) is 10.0 Å². The summed E-state index contributed by atoms with van der Waals surface area (Å²) < 4.78 is 10.3. The van der Waals surface area contributed by atoms with Gasteiger partial charge in [0.05, 0.1) is 29.7 Å². The fourth-order valence-corrected chi connectivity index (χ4v) is 3.95. The Morgan fingerprint density at radius 1 is 1.25 bits per heavy atom. The van der Waals surface area contributed by atoms with Gasteiger partial charge in [-0.2, -0.15) is 0 Å². The molecule has 0 unspecified atom stereocenters. The summed E-state index contributed by atoms with van der Waals surface area (Å²) in [5.41, 5.74) is 2.63. The minimum Gasteiger partial charge on any atom is -0.495 e. The summed E-state index contributed by atoms with van der Waals surface area (Å²) in [6, 6.07) is 1.63. The second kappa shape index (κ2) is 6.39. The first-order chi connectivity index (χ1) is 11.4. The van der Waals surface area contributed by atoms with Gasteiger partial charge in [-0.1, -0.05) is 23.2 Å². The van der Waals surface area contributed by atoms with E-state index < -0.39 is 0 Å². The number of aromatic nitrogens is 1. The number of carbonyl (C=O) groups is 1. The van der Waals surface area contributed by atoms with Gasteiger partial charge >= 0.3 is 0 Å². The number of pyridine rings is 1. The molecule has 3 rings (SSSR count). The maximum absolute atomic E-state index is 12.4. The summed E-state index contributed by atoms with van der Waals surface area (Å²) in [7, 11) is 3.06. The molecule has 0 bridgehead atoms. The van der Waals surface area contributed by atoms with E-state index in [1.165, 1.54) is 7.11 Å². The molecule has 1 aliphatic rings. The average molecular weight is 369 g/mol. The molecule has 2 heterocycles. The molecule has 1 aromatic heterocycles. The summed E-state index contributed by atoms with van der Waals surface area (Å²) in [6.07, 6.45) is 1.77. The number of halogens is 2. The van der Waals surface area contributed by atoms with Crippen LogP contribution in [0.4, 0.5) is 0 Å². The molecule has 5 nitrogen and oxygen atoms in total. The van der Waals surface area contributed by atoms with Gasteiger partial charge in [0.15, 0.2) is 0 Å². The Morgan fingerprint density at radius 2 is 1.96 bits per heavy atom. The number of nitrogens with zero attached hydrogens (tertiary/aromatic N) is 2. The highest BCUT2D eigenvalue weighted by atomic mass is 35.5. The molecule has 2 aromatic rings. The highest BCUT2D eigenvalue weighted by Crippen LogP contribution is 2.47. The molecule has 24 heavy (non-hydrogen) atoms. The molecule has 1 amide bonds. The number of hydrogen-bond donors (Lipinski definition) is 0. The smallest absolute Gasteiger partial charge is 0.249 e. The fraction of sp³-hybridized carbons (Fsp3) is 0.412. The topological polar surface area (TPSA) is 51.7 Å². The van der Waals surface area contributed by atoms with Crippen molar-refractivity contribution in [2.24, 2.45) is 0 Å². The van der Waals surface area contributed by atoms with Gasteiger partial charge in [0.2, 0.25) is 5.91 Å². The molecule has 0 radical (unpaired) electrons. The number of carbonyl (C=O) groups excluding carboxylic acids is 1. The van der Waals surface area contributed by atoms with Crippen molar-refractivity contribution >= 4 is 40.0 Å². The normalized spacial score (nSPS) is 19.7. The van der Waals surface area contributed by atoms with Crippen LogP contribution in [-0.4, -0.2) is 36.6 Å². The third-order valence-corrected chi connectivity index (χ3v) is 5.40. The van der Waals surface area contributed by atoms with Crippen LogP contribution in [0, 0.1) is 0 Å². The molecular weight excluding hydrogens is 351 g/mol. The van der Waals surface area contributed by atoms with E-state index in [0.29, 0.717) is 21.3 Å². The van der Waals surface area contributed by atoms with E-state index in [1.807, 2.05) is 24.8 Å². The van der Waals surface area contributed by atoms with Crippen molar-refractivity contribution in [1.29, 1.82) is 0 Å². The van der Waals surface area contributed by atoms with Gasteiger partial charge in [0.25, 0.3) is 0 Å². The Kier molecular flexibility index (Phi) is 4.60. The number of ether oxygens (including phenoxy) is 2. The number of amides is 1. The SMILES string of the molecule is COCC(=O)N1[C@H](C)c2cnc3c(Cl)c(Cl)c(OC)cc3c2[C@@H]1C. The lowest BCUT2D eigenvalue weighted by molar-refractivity contribution is -0.138. The van der Waals surface area contributed by atoms with Crippen LogP contribution in [0.5, 0.6) is 5.75 Å². The molecule has 0 saturated heterocycles. The van der Waals surface area contributed by atoms with Crippen LogP contribution in [0.1, 0.15) is 37.1 Å². The third kappa shape index (κ3) is 2.42. The predicted octanol–water partition coefficient (Wildman–Crippen LogP) is 4.16. The number of rotatable bonds is 3. The Morgan fingerprint density at radius 3 is 2.58 bits per heavy atom. The van der Waals surface area contributed by atoms with Crippen LogP contribution in [0.25, 0.3) is 10.9 Å². The first-order valence-corrected chi connectivity index (χ1v) is 8.32. The van der Waals surface area contributed by atoms with Crippen molar-refractivity contribution in [2.45, 2.75) is 25.9 Å². The monoisotopic (exact) mass is 368 g/mol. The molecule has 0 spiro atoms. The van der Waals surface area contributed by atoms with Crippen LogP contribution in [0.15, 0.2) is 12.3 Å². The van der Waals surface area contributed by atoms with Gasteiger partial charge in [-0.3, -0.25) is 9.78 Å². The minimum absolute atomic E-state index is 0.0456. The quantitative estimate of drug-likeness (QED) is 0.815. The highest BCUT2D eigenvalue weighted by molar-refractivity contribution is 6.46. The first-order valence-electron chi connectivity index (χ1n) is 7.56. The Labute approximate surface area is 150 Å². The van der Waals surface area contributed by atoms with E-state index in [1.54, 1.807) is 13.3 Å². The van der Waals surface area contributed by atoms with Crippen molar-refractivity contribution in [3.05, 3.63) is 33.4 Å². The van der Waals surface area contributed by atoms with E-state index in [9.17, 15) is 4.79 Å². The number of hydrogen-bond acceptors (Lipinski definition) is 4. The maximum atomic E-state index is 12.4. The number of methoxy groups -OCH3 is 2. The molecule has 1 aromatic carbocycles. The van der Waals surface area contributed by atoms with Gasteiger partial charge in [0.1, 0.15) is 17.4 Å². The van der Waals surface area contributed by atoms with Crippen LogP contribution in [-0.2, 0) is 9.53 Å². The zero-order valence-corrected chi connectivity index (χ0v) is 15.4. The lowest BCUT2D eigenvalue weighted by Crippen LogP contribution is -2.33. The second-order valence-electron chi connectivity index (χ2n) is 5.82. The van der Waals surface area contributed by atoms with Crippen LogP contribution >= 0.6 is 23.2 Å². The fourth-order valence-electron chi connectivity index (χ4n) is 3.49. The predicted molar refractivity (Wildman–Crippen MR) is 93.9 cm³/mol. The molecule has 0 aliphatic carbocycles. The Hall–Kier alpha value is -1.56. The average Bonchev–Trinajstić information content (AvgIpc) is 2.82. The molecule has 7 heteroatoms. The third-order valence-electron chi connectivity index (χ3n) is 4.56. The molecular formula is C17H18Cl2N2O3. The zero-order valence-electron chi connectivity index (χ0n) is 13.9. The molecule has 0 fully saturated rings. The lowest BCUT2D eigenvalue weighted by Gasteiger charge is -2.26. The van der Waals surface area contributed by atoms with Crippen molar-refractivity contribution in [2.75, 3.05) is 20.8 Å². The minimum atomic E-state index is -0.120. The van der Waals surface area contributed by atoms with E-state index in [4.69, 9.17) is 32.7 Å². The van der Waals surface area contributed by atoms with Crippen molar-refractivity contribution in [3.63, 3.8) is 0 Å². The summed E-state index contributed by atoms with van der Waals surface area (Å²) in [5.74, 6) is 0.430. The van der Waals surface area contributed by atoms with Gasteiger partial charge in [-0.25, -0.2) is 0 Å². The standard InChI is InChI=1S/C17H18Cl2N2O3/c1-8-11-6-20-17-10(5-12(24-4)15(18)16(17)19)14(11)9(2)21(8)13(22)7-23-3/h5-6,8-9H,7H2,1-4H3/t8-,9+/m1/s1. The Bertz CT molecular complexity index is 825. The molecule has 0 N–H and O–H groups in total. The van der Waals surface area contributed by atoms with E-state index in [-0.39, 0.29) is 24.6 Å². The second-order valence-corrected chi connectivity index (χ2v) is 6.57. The molecule has 0 saturated carbocycles. The molecule has 128 valence electrons. The summed E-state index contributed by atoms with van der Waals surface area (Å²) >= 11 is 12.6. The first kappa shape index (κ1) is 17.3. The van der Waals surface area contributed by atoms with Crippen molar-refractivity contribution in [1.82, 2.24) is 9.88 Å².